The van der Waals surface area contributed by atoms with E-state index in [0.717, 1.165) is 48.2 Å². The molecule has 0 aromatic heterocycles. The Bertz CT molecular complexity index is 2410. The van der Waals surface area contributed by atoms with Crippen molar-refractivity contribution in [1.29, 1.82) is 10.5 Å². The van der Waals surface area contributed by atoms with E-state index in [1.807, 2.05) is 72.2 Å². The standard InChI is InChI=1S/C48H47N9O4.HI/c1-31-9-5-11-37(25-31)55-39-29-53(45(58)41(39)43(51-47(55)60)35-17-13-33(27-49)14-18-35)21-7-23-57(3,4)24-8-22-54-30-40-42(46(54)59)44(36-19-15-34(28-50)16-20-36)52-48(61)56(40)38-12-6-10-32(2)26-38;/h5-6,9-20,25-26,43-44H,7-8,21-24,29-30H2,1-4H3,(H-,51,52,60,61);1H/p+1/t43-,44-;/m1./s1. The van der Waals surface area contributed by atoms with Gasteiger partial charge in [0.15, 0.2) is 0 Å². The van der Waals surface area contributed by atoms with Crippen LogP contribution in [0.25, 0.3) is 0 Å². The Hall–Kier alpha value is -6.49. The van der Waals surface area contributed by atoms with Crippen LogP contribution >= 0.6 is 24.0 Å². The number of rotatable bonds is 12. The average molecular weight is 943 g/mol. The molecule has 0 radical (unpaired) electrons. The van der Waals surface area contributed by atoms with Crippen LogP contribution in [0.3, 0.4) is 0 Å². The van der Waals surface area contributed by atoms with Crippen molar-refractivity contribution in [2.24, 2.45) is 0 Å². The first-order valence-corrected chi connectivity index (χ1v) is 20.6. The molecule has 2 N–H and O–H groups in total. The number of halogens is 1. The first kappa shape index (κ1) is 43.6. The van der Waals surface area contributed by atoms with Gasteiger partial charge in [-0.05, 0) is 84.6 Å². The largest absolute Gasteiger partial charge is 0.333 e. The van der Waals surface area contributed by atoms with Gasteiger partial charge in [0.2, 0.25) is 0 Å². The Morgan fingerprint density at radius 3 is 1.35 bits per heavy atom. The number of nitrogens with one attached hydrogen (secondary N) is 2. The minimum absolute atomic E-state index is 0. The van der Waals surface area contributed by atoms with Gasteiger partial charge in [0.1, 0.15) is 0 Å². The summed E-state index contributed by atoms with van der Waals surface area (Å²) >= 11 is 0. The normalized spacial score (nSPS) is 18.5. The highest BCUT2D eigenvalue weighted by atomic mass is 127. The summed E-state index contributed by atoms with van der Waals surface area (Å²) in [6, 6.07) is 31.6. The lowest BCUT2D eigenvalue weighted by Crippen LogP contribution is -2.47. The zero-order chi connectivity index (χ0) is 43.0. The van der Waals surface area contributed by atoms with Crippen LogP contribution in [0.5, 0.6) is 0 Å². The SMILES string of the molecule is Cc1cccc(N2C(=O)N[C@H](c3ccc(C#N)cc3)C3=C2CN(CCC[N+](C)(C)CCCN2CC4=C(C2=O)[C@@H](c2ccc(C#N)cc2)NC(=O)N4c2cccc(C)c2)C3=O)c1.I. The molecule has 14 heteroatoms. The fourth-order valence-electron chi connectivity index (χ4n) is 8.92. The van der Waals surface area contributed by atoms with Crippen molar-refractivity contribution in [3.05, 3.63) is 153 Å². The molecular formula is C48H49IN9O4+. The van der Waals surface area contributed by atoms with Crippen molar-refractivity contribution < 1.29 is 23.7 Å². The smallest absolute Gasteiger partial charge is 0.327 e. The van der Waals surface area contributed by atoms with E-state index in [9.17, 15) is 29.7 Å². The average Bonchev–Trinajstić information content (AvgIpc) is 3.74. The second-order valence-corrected chi connectivity index (χ2v) is 16.8. The first-order chi connectivity index (χ1) is 29.3. The molecule has 316 valence electrons. The first-order valence-electron chi connectivity index (χ1n) is 20.6. The second kappa shape index (κ2) is 17.8. The molecule has 8 rings (SSSR count). The Balaban J connectivity index is 0.00000578. The van der Waals surface area contributed by atoms with Gasteiger partial charge in [-0.3, -0.25) is 19.4 Å². The summed E-state index contributed by atoms with van der Waals surface area (Å²) in [4.78, 5) is 62.9. The molecule has 0 bridgehead atoms. The minimum atomic E-state index is -0.647. The number of urea groups is 2. The molecule has 4 aromatic carbocycles. The van der Waals surface area contributed by atoms with Gasteiger partial charge >= 0.3 is 12.1 Å². The minimum Gasteiger partial charge on any atom is -0.333 e. The third kappa shape index (κ3) is 8.53. The Kier molecular flexibility index (Phi) is 12.6. The Labute approximate surface area is 379 Å². The molecule has 4 heterocycles. The quantitative estimate of drug-likeness (QED) is 0.116. The second-order valence-electron chi connectivity index (χ2n) is 16.8. The van der Waals surface area contributed by atoms with Crippen LogP contribution in [0.2, 0.25) is 0 Å². The number of anilines is 2. The summed E-state index contributed by atoms with van der Waals surface area (Å²) in [6.45, 7) is 7.07. The summed E-state index contributed by atoms with van der Waals surface area (Å²) < 4.78 is 0.664. The number of amides is 6. The van der Waals surface area contributed by atoms with E-state index in [2.05, 4.69) is 36.9 Å². The zero-order valence-electron chi connectivity index (χ0n) is 35.2. The van der Waals surface area contributed by atoms with Crippen LogP contribution in [-0.2, 0) is 9.59 Å². The van der Waals surface area contributed by atoms with Crippen LogP contribution in [0, 0.1) is 36.5 Å². The monoisotopic (exact) mass is 942 g/mol. The van der Waals surface area contributed by atoms with Crippen molar-refractivity contribution in [3.63, 3.8) is 0 Å². The molecule has 13 nitrogen and oxygen atoms in total. The predicted molar refractivity (Wildman–Crippen MR) is 246 cm³/mol. The van der Waals surface area contributed by atoms with E-state index in [0.29, 0.717) is 75.7 Å². The maximum Gasteiger partial charge on any atom is 0.327 e. The van der Waals surface area contributed by atoms with Crippen molar-refractivity contribution in [2.45, 2.75) is 38.8 Å². The molecule has 2 atom stereocenters. The molecule has 0 unspecified atom stereocenters. The van der Waals surface area contributed by atoms with Gasteiger partial charge in [0.05, 0.1) is 110 Å². The van der Waals surface area contributed by atoms with Gasteiger partial charge in [0.25, 0.3) is 11.8 Å². The van der Waals surface area contributed by atoms with Crippen molar-refractivity contribution in [2.75, 3.05) is 63.2 Å². The van der Waals surface area contributed by atoms with Crippen LogP contribution in [-0.4, -0.2) is 91.5 Å². The van der Waals surface area contributed by atoms with Gasteiger partial charge < -0.3 is 24.9 Å². The van der Waals surface area contributed by atoms with Crippen LogP contribution in [0.1, 0.15) is 58.3 Å². The third-order valence-corrected chi connectivity index (χ3v) is 12.0. The number of nitriles is 2. The van der Waals surface area contributed by atoms with Gasteiger partial charge in [-0.25, -0.2) is 9.59 Å². The molecular weight excluding hydrogens is 893 g/mol. The summed E-state index contributed by atoms with van der Waals surface area (Å²) in [5.41, 5.74) is 8.23. The number of benzene rings is 4. The highest BCUT2D eigenvalue weighted by Gasteiger charge is 2.46. The topological polar surface area (TPSA) is 153 Å². The summed E-state index contributed by atoms with van der Waals surface area (Å²) in [6.07, 6.45) is 1.44. The van der Waals surface area contributed by atoms with Gasteiger partial charge in [-0.2, -0.15) is 10.5 Å². The van der Waals surface area contributed by atoms with E-state index >= 15 is 0 Å². The third-order valence-electron chi connectivity index (χ3n) is 12.0. The van der Waals surface area contributed by atoms with Crippen LogP contribution in [0.4, 0.5) is 21.0 Å². The molecule has 0 saturated carbocycles. The van der Waals surface area contributed by atoms with Crippen molar-refractivity contribution in [1.82, 2.24) is 20.4 Å². The Morgan fingerprint density at radius 1 is 0.613 bits per heavy atom. The Morgan fingerprint density at radius 2 is 1.00 bits per heavy atom. The lowest BCUT2D eigenvalue weighted by molar-refractivity contribution is -0.890. The summed E-state index contributed by atoms with van der Waals surface area (Å²) in [5.74, 6) is -0.244. The van der Waals surface area contributed by atoms with Gasteiger partial charge in [-0.15, -0.1) is 24.0 Å². The van der Waals surface area contributed by atoms with Crippen LogP contribution in [0.15, 0.2) is 120 Å². The van der Waals surface area contributed by atoms with E-state index in [1.165, 1.54) is 0 Å². The predicted octanol–water partition coefficient (Wildman–Crippen LogP) is 6.96. The number of carbonyl (C=O) groups is 4. The summed E-state index contributed by atoms with van der Waals surface area (Å²) in [7, 11) is 4.30. The maximum absolute atomic E-state index is 14.3. The zero-order valence-corrected chi connectivity index (χ0v) is 37.6. The summed E-state index contributed by atoms with van der Waals surface area (Å²) in [5, 5.41) is 24.9. The van der Waals surface area contributed by atoms with Crippen molar-refractivity contribution >= 4 is 59.2 Å². The lowest BCUT2D eigenvalue weighted by atomic mass is 9.94. The fraction of sp³-hybridized carbons (Fsp3) is 0.292. The number of aryl methyl sites for hydroxylation is 2. The molecule has 4 aliphatic rings. The van der Waals surface area contributed by atoms with E-state index in [1.54, 1.807) is 58.3 Å². The molecule has 62 heavy (non-hydrogen) atoms. The van der Waals surface area contributed by atoms with Gasteiger partial charge in [0, 0.05) is 25.9 Å². The number of hydrogen-bond acceptors (Lipinski definition) is 6. The number of quaternary nitrogens is 1. The van der Waals surface area contributed by atoms with Gasteiger partial charge in [-0.1, -0.05) is 48.5 Å². The van der Waals surface area contributed by atoms with E-state index in [4.69, 9.17) is 0 Å². The number of carbonyl (C=O) groups excluding carboxylic acids is 4. The molecule has 4 aliphatic heterocycles. The molecule has 0 spiro atoms. The number of nitrogens with zero attached hydrogens (tertiary/aromatic N) is 7. The van der Waals surface area contributed by atoms with E-state index < -0.39 is 12.1 Å². The molecule has 0 saturated heterocycles. The molecule has 4 aromatic rings. The van der Waals surface area contributed by atoms with Crippen molar-refractivity contribution in [3.8, 4) is 12.1 Å². The maximum atomic E-state index is 14.3. The molecule has 0 fully saturated rings. The van der Waals surface area contributed by atoms with Crippen LogP contribution < -0.4 is 20.4 Å². The lowest BCUT2D eigenvalue weighted by Gasteiger charge is -2.33. The molecule has 0 aliphatic carbocycles. The van der Waals surface area contributed by atoms with E-state index in [-0.39, 0.29) is 47.9 Å². The highest BCUT2D eigenvalue weighted by Crippen LogP contribution is 2.40. The number of hydrogen-bond donors (Lipinski definition) is 2. The molecule has 6 amide bonds. The fourth-order valence-corrected chi connectivity index (χ4v) is 8.92. The highest BCUT2D eigenvalue weighted by molar-refractivity contribution is 14.0.